The smallest absolute Gasteiger partial charge is 0.337 e. The standard InChI is InChI=1S/C32H33BrCl2N4O8/c1-5-45-25-12-19(29-28(31(41)44-4)17(2)37-32(42)38-29)7-9-24(25)46-16-27(40)39-36-14-18-10-22(33)30(26(11-18)43-3)47-15-20-6-8-21(34)13-23(20)35/h6-14,27,29,39-40H,5,15-16H2,1-4H3,(H2,37,38,42)/b36-14-/t27-,29-/m1/s1. The SMILES string of the molecule is CCOc1cc([C@H]2NC(=O)NC(C)=C2C(=O)OC)ccc1OC[C@@H](O)N/N=C\c1cc(Br)c(OCc2ccc(Cl)cc2Cl)c(OC)c1. The zero-order valence-corrected chi connectivity index (χ0v) is 29.0. The molecule has 0 saturated carbocycles. The monoisotopic (exact) mass is 750 g/mol. The van der Waals surface area contributed by atoms with Crippen molar-refractivity contribution in [1.82, 2.24) is 16.1 Å². The highest BCUT2D eigenvalue weighted by atomic mass is 79.9. The van der Waals surface area contributed by atoms with Crippen LogP contribution < -0.4 is 35.0 Å². The van der Waals surface area contributed by atoms with Gasteiger partial charge in [0.1, 0.15) is 13.2 Å². The summed E-state index contributed by atoms with van der Waals surface area (Å²) in [4.78, 5) is 24.6. The fourth-order valence-electron chi connectivity index (χ4n) is 4.56. The maximum absolute atomic E-state index is 12.5. The predicted molar refractivity (Wildman–Crippen MR) is 180 cm³/mol. The van der Waals surface area contributed by atoms with Crippen LogP contribution in [-0.4, -0.2) is 57.0 Å². The number of urea groups is 1. The molecule has 0 radical (unpaired) electrons. The maximum atomic E-state index is 12.5. The first-order chi connectivity index (χ1) is 22.5. The fourth-order valence-corrected chi connectivity index (χ4v) is 5.60. The molecule has 47 heavy (non-hydrogen) atoms. The molecule has 15 heteroatoms. The van der Waals surface area contributed by atoms with Gasteiger partial charge in [0.05, 0.1) is 43.1 Å². The third-order valence-corrected chi connectivity index (χ3v) is 7.92. The molecule has 1 aliphatic heterocycles. The van der Waals surface area contributed by atoms with E-state index in [1.54, 1.807) is 62.4 Å². The van der Waals surface area contributed by atoms with E-state index >= 15 is 0 Å². The van der Waals surface area contributed by atoms with Crippen molar-refractivity contribution in [3.8, 4) is 23.0 Å². The predicted octanol–water partition coefficient (Wildman–Crippen LogP) is 5.86. The average molecular weight is 752 g/mol. The van der Waals surface area contributed by atoms with Gasteiger partial charge in [-0.1, -0.05) is 35.3 Å². The number of benzene rings is 3. The topological polar surface area (TPSA) is 149 Å². The molecule has 3 aromatic carbocycles. The van der Waals surface area contributed by atoms with Gasteiger partial charge >= 0.3 is 12.0 Å². The summed E-state index contributed by atoms with van der Waals surface area (Å²) < 4.78 is 28.6. The normalized spacial score (nSPS) is 15.1. The second-order valence-electron chi connectivity index (χ2n) is 9.97. The van der Waals surface area contributed by atoms with Crippen LogP contribution in [0.3, 0.4) is 0 Å². The number of aliphatic hydroxyl groups is 1. The molecule has 1 heterocycles. The van der Waals surface area contributed by atoms with E-state index in [1.807, 2.05) is 0 Å². The van der Waals surface area contributed by atoms with Crippen LogP contribution in [-0.2, 0) is 16.1 Å². The molecule has 0 aliphatic carbocycles. The second-order valence-corrected chi connectivity index (χ2v) is 11.7. The lowest BCUT2D eigenvalue weighted by molar-refractivity contribution is -0.136. The number of aliphatic hydroxyl groups excluding tert-OH is 1. The summed E-state index contributed by atoms with van der Waals surface area (Å²) in [7, 11) is 2.79. The van der Waals surface area contributed by atoms with Gasteiger partial charge in [0, 0.05) is 21.3 Å². The molecule has 0 unspecified atom stereocenters. The van der Waals surface area contributed by atoms with Crippen LogP contribution in [0.1, 0.15) is 36.6 Å². The molecule has 0 aromatic heterocycles. The summed E-state index contributed by atoms with van der Waals surface area (Å²) in [6, 6.07) is 12.4. The summed E-state index contributed by atoms with van der Waals surface area (Å²) in [5, 5.41) is 21.0. The largest absolute Gasteiger partial charge is 0.493 e. The minimum atomic E-state index is -1.18. The molecule has 4 rings (SSSR count). The molecular formula is C32H33BrCl2N4O8. The number of carbonyl (C=O) groups excluding carboxylic acids is 2. The van der Waals surface area contributed by atoms with Gasteiger partial charge in [-0.25, -0.2) is 9.59 Å². The molecule has 12 nitrogen and oxygen atoms in total. The number of hydrazone groups is 1. The number of halogens is 3. The van der Waals surface area contributed by atoms with Crippen LogP contribution in [0.5, 0.6) is 23.0 Å². The molecule has 0 bridgehead atoms. The zero-order chi connectivity index (χ0) is 34.1. The van der Waals surface area contributed by atoms with Crippen molar-refractivity contribution < 1.29 is 38.4 Å². The minimum absolute atomic E-state index is 0.180. The fraction of sp³-hybridized carbons (Fsp3) is 0.281. The molecule has 0 saturated heterocycles. The van der Waals surface area contributed by atoms with Gasteiger partial charge in [0.15, 0.2) is 29.2 Å². The highest BCUT2D eigenvalue weighted by molar-refractivity contribution is 9.10. The molecule has 0 fully saturated rings. The summed E-state index contributed by atoms with van der Waals surface area (Å²) in [6.07, 6.45) is 0.316. The Morgan fingerprint density at radius 2 is 1.87 bits per heavy atom. The highest BCUT2D eigenvalue weighted by Crippen LogP contribution is 2.38. The van der Waals surface area contributed by atoms with Crippen molar-refractivity contribution in [3.63, 3.8) is 0 Å². The summed E-state index contributed by atoms with van der Waals surface area (Å²) in [6.45, 7) is 3.76. The van der Waals surface area contributed by atoms with E-state index in [1.165, 1.54) is 20.4 Å². The molecule has 2 amide bonds. The Balaban J connectivity index is 1.39. The Hall–Kier alpha value is -4.17. The summed E-state index contributed by atoms with van der Waals surface area (Å²) >= 11 is 15.8. The number of nitrogens with zero attached hydrogens (tertiary/aromatic N) is 1. The molecule has 4 N–H and O–H groups in total. The van der Waals surface area contributed by atoms with Crippen molar-refractivity contribution in [1.29, 1.82) is 0 Å². The van der Waals surface area contributed by atoms with Gasteiger partial charge in [-0.2, -0.15) is 5.10 Å². The molecule has 1 aliphatic rings. The first-order valence-corrected chi connectivity index (χ1v) is 15.8. The van der Waals surface area contributed by atoms with E-state index in [0.29, 0.717) is 60.9 Å². The van der Waals surface area contributed by atoms with E-state index in [9.17, 15) is 14.7 Å². The van der Waals surface area contributed by atoms with Crippen LogP contribution in [0.2, 0.25) is 10.0 Å². The Morgan fingerprint density at radius 3 is 2.57 bits per heavy atom. The van der Waals surface area contributed by atoms with Gasteiger partial charge in [0.2, 0.25) is 0 Å². The van der Waals surface area contributed by atoms with Crippen LogP contribution >= 0.6 is 39.1 Å². The van der Waals surface area contributed by atoms with Gasteiger partial charge in [-0.05, 0) is 77.3 Å². The summed E-state index contributed by atoms with van der Waals surface area (Å²) in [5.74, 6) is 1.04. The van der Waals surface area contributed by atoms with E-state index in [2.05, 4.69) is 37.1 Å². The quantitative estimate of drug-likeness (QED) is 0.0688. The lowest BCUT2D eigenvalue weighted by Gasteiger charge is -2.28. The van der Waals surface area contributed by atoms with Crippen molar-refractivity contribution in [2.24, 2.45) is 5.10 Å². The van der Waals surface area contributed by atoms with Gasteiger partial charge < -0.3 is 39.4 Å². The zero-order valence-electron chi connectivity index (χ0n) is 25.9. The molecule has 3 aromatic rings. The Morgan fingerprint density at radius 1 is 1.09 bits per heavy atom. The number of hydrogen-bond donors (Lipinski definition) is 4. The number of hydrogen-bond acceptors (Lipinski definition) is 10. The number of methoxy groups -OCH3 is 2. The van der Waals surface area contributed by atoms with Crippen LogP contribution in [0.25, 0.3) is 0 Å². The van der Waals surface area contributed by atoms with E-state index < -0.39 is 24.3 Å². The third-order valence-electron chi connectivity index (χ3n) is 6.75. The van der Waals surface area contributed by atoms with E-state index in [-0.39, 0.29) is 18.8 Å². The van der Waals surface area contributed by atoms with Crippen LogP contribution in [0.15, 0.2) is 69.4 Å². The lowest BCUT2D eigenvalue weighted by Crippen LogP contribution is -2.45. The number of esters is 1. The number of rotatable bonds is 14. The van der Waals surface area contributed by atoms with Crippen LogP contribution in [0.4, 0.5) is 4.79 Å². The first-order valence-electron chi connectivity index (χ1n) is 14.2. The maximum Gasteiger partial charge on any atom is 0.337 e. The molecule has 250 valence electrons. The number of ether oxygens (including phenoxy) is 5. The van der Waals surface area contributed by atoms with Crippen LogP contribution in [0, 0.1) is 0 Å². The van der Waals surface area contributed by atoms with Gasteiger partial charge in [0.25, 0.3) is 0 Å². The number of amides is 2. The third kappa shape index (κ3) is 9.22. The van der Waals surface area contributed by atoms with E-state index in [4.69, 9.17) is 46.9 Å². The molecular weight excluding hydrogens is 719 g/mol. The minimum Gasteiger partial charge on any atom is -0.493 e. The lowest BCUT2D eigenvalue weighted by atomic mass is 9.95. The van der Waals surface area contributed by atoms with Crippen molar-refractivity contribution in [2.75, 3.05) is 27.4 Å². The average Bonchev–Trinajstić information content (AvgIpc) is 3.03. The van der Waals surface area contributed by atoms with Gasteiger partial charge in [-0.3, -0.25) is 5.43 Å². The molecule has 2 atom stereocenters. The van der Waals surface area contributed by atoms with Crippen molar-refractivity contribution >= 4 is 57.3 Å². The Labute approximate surface area is 290 Å². The number of carbonyl (C=O) groups is 2. The van der Waals surface area contributed by atoms with Crippen molar-refractivity contribution in [2.45, 2.75) is 32.7 Å². The summed E-state index contributed by atoms with van der Waals surface area (Å²) in [5.41, 5.74) is 5.24. The Bertz CT molecular complexity index is 1690. The number of nitrogens with one attached hydrogen (secondary N) is 3. The first kappa shape index (κ1) is 35.7. The van der Waals surface area contributed by atoms with Gasteiger partial charge in [-0.15, -0.1) is 0 Å². The highest BCUT2D eigenvalue weighted by Gasteiger charge is 2.32. The Kier molecular flexibility index (Phi) is 12.6. The van der Waals surface area contributed by atoms with E-state index in [0.717, 1.165) is 5.56 Å². The molecule has 0 spiro atoms. The van der Waals surface area contributed by atoms with Crippen molar-refractivity contribution in [3.05, 3.63) is 91.0 Å². The number of allylic oxidation sites excluding steroid dienone is 1. The second kappa shape index (κ2) is 16.6.